The summed E-state index contributed by atoms with van der Waals surface area (Å²) in [6.07, 6.45) is 6.18. The van der Waals surface area contributed by atoms with Gasteiger partial charge < -0.3 is 9.67 Å². The molecule has 2 aliphatic rings. The Hall–Kier alpha value is -1.40. The standard InChI is InChI=1S/C15H24N4O2/c1-11(2)17-15(14(20)21)4-3-12(9-15)19-8-7-18-6-5-16-13(18)10-19/h5-6,11-12,17H,3-4,7-10H2,1-2H3,(H,20,21). The fraction of sp³-hybridized carbons (Fsp3) is 0.733. The van der Waals surface area contributed by atoms with Crippen molar-refractivity contribution < 1.29 is 9.90 Å². The lowest BCUT2D eigenvalue weighted by atomic mass is 9.96. The summed E-state index contributed by atoms with van der Waals surface area (Å²) in [6.45, 7) is 6.77. The van der Waals surface area contributed by atoms with E-state index in [0.29, 0.717) is 18.9 Å². The van der Waals surface area contributed by atoms with Gasteiger partial charge in [0.2, 0.25) is 0 Å². The van der Waals surface area contributed by atoms with Crippen molar-refractivity contribution in [3.63, 3.8) is 0 Å². The summed E-state index contributed by atoms with van der Waals surface area (Å²) in [5.41, 5.74) is -0.758. The minimum absolute atomic E-state index is 0.181. The quantitative estimate of drug-likeness (QED) is 0.869. The number of fused-ring (bicyclic) bond motifs is 1. The van der Waals surface area contributed by atoms with Crippen LogP contribution in [0.25, 0.3) is 0 Å². The van der Waals surface area contributed by atoms with E-state index >= 15 is 0 Å². The van der Waals surface area contributed by atoms with Crippen LogP contribution in [0.15, 0.2) is 12.4 Å². The first-order valence-electron chi connectivity index (χ1n) is 7.75. The molecule has 0 radical (unpaired) electrons. The van der Waals surface area contributed by atoms with Crippen LogP contribution in [0.2, 0.25) is 0 Å². The molecule has 1 fully saturated rings. The van der Waals surface area contributed by atoms with Gasteiger partial charge in [0.05, 0.1) is 6.54 Å². The summed E-state index contributed by atoms with van der Waals surface area (Å²) in [5, 5.41) is 12.9. The number of nitrogens with zero attached hydrogens (tertiary/aromatic N) is 3. The summed E-state index contributed by atoms with van der Waals surface area (Å²) < 4.78 is 2.18. The number of aliphatic carboxylic acids is 1. The van der Waals surface area contributed by atoms with Gasteiger partial charge in [0, 0.05) is 37.6 Å². The zero-order valence-corrected chi connectivity index (χ0v) is 12.7. The highest BCUT2D eigenvalue weighted by Gasteiger charge is 2.47. The average Bonchev–Trinajstić information content (AvgIpc) is 3.04. The Bertz CT molecular complexity index is 527. The minimum Gasteiger partial charge on any atom is -0.480 e. The molecule has 1 aliphatic heterocycles. The van der Waals surface area contributed by atoms with E-state index in [4.69, 9.17) is 0 Å². The molecule has 0 saturated heterocycles. The van der Waals surface area contributed by atoms with E-state index in [1.165, 1.54) is 0 Å². The van der Waals surface area contributed by atoms with Crippen molar-refractivity contribution in [3.05, 3.63) is 18.2 Å². The molecule has 1 saturated carbocycles. The van der Waals surface area contributed by atoms with Crippen LogP contribution in [0.5, 0.6) is 0 Å². The summed E-state index contributed by atoms with van der Waals surface area (Å²) in [7, 11) is 0. The molecule has 2 unspecified atom stereocenters. The summed E-state index contributed by atoms with van der Waals surface area (Å²) >= 11 is 0. The number of carbonyl (C=O) groups is 1. The van der Waals surface area contributed by atoms with Crippen LogP contribution in [0.1, 0.15) is 38.9 Å². The lowest BCUT2D eigenvalue weighted by Gasteiger charge is -2.34. The van der Waals surface area contributed by atoms with Gasteiger partial charge in [0.25, 0.3) is 0 Å². The molecule has 1 aromatic heterocycles. The molecule has 0 aromatic carbocycles. The van der Waals surface area contributed by atoms with Gasteiger partial charge in [-0.25, -0.2) is 4.98 Å². The Morgan fingerprint density at radius 1 is 1.52 bits per heavy atom. The van der Waals surface area contributed by atoms with E-state index < -0.39 is 11.5 Å². The topological polar surface area (TPSA) is 70.4 Å². The maximum atomic E-state index is 11.7. The average molecular weight is 292 g/mol. The Morgan fingerprint density at radius 3 is 3.05 bits per heavy atom. The smallest absolute Gasteiger partial charge is 0.323 e. The van der Waals surface area contributed by atoms with Crippen LogP contribution in [0, 0.1) is 0 Å². The fourth-order valence-corrected chi connectivity index (χ4v) is 3.77. The van der Waals surface area contributed by atoms with E-state index in [-0.39, 0.29) is 6.04 Å². The molecule has 116 valence electrons. The molecule has 6 nitrogen and oxygen atoms in total. The first kappa shape index (κ1) is 14.5. The number of hydrogen-bond acceptors (Lipinski definition) is 4. The fourth-order valence-electron chi connectivity index (χ4n) is 3.77. The number of aromatic nitrogens is 2. The maximum Gasteiger partial charge on any atom is 0.323 e. The first-order valence-corrected chi connectivity index (χ1v) is 7.75. The molecule has 2 heterocycles. The molecule has 1 aromatic rings. The highest BCUT2D eigenvalue weighted by Crippen LogP contribution is 2.35. The highest BCUT2D eigenvalue weighted by atomic mass is 16.4. The third-order valence-corrected chi connectivity index (χ3v) is 4.75. The number of imidazole rings is 1. The van der Waals surface area contributed by atoms with Gasteiger partial charge in [-0.1, -0.05) is 0 Å². The number of carboxylic acids is 1. The van der Waals surface area contributed by atoms with E-state index in [0.717, 1.165) is 31.9 Å². The molecule has 2 N–H and O–H groups in total. The molecule has 21 heavy (non-hydrogen) atoms. The van der Waals surface area contributed by atoms with Crippen LogP contribution >= 0.6 is 0 Å². The largest absolute Gasteiger partial charge is 0.480 e. The van der Waals surface area contributed by atoms with Crippen molar-refractivity contribution >= 4 is 5.97 Å². The summed E-state index contributed by atoms with van der Waals surface area (Å²) in [5.74, 6) is 0.378. The normalized spacial score (nSPS) is 29.8. The van der Waals surface area contributed by atoms with Gasteiger partial charge in [-0.05, 0) is 33.1 Å². The summed E-state index contributed by atoms with van der Waals surface area (Å²) in [4.78, 5) is 18.5. The number of nitrogens with one attached hydrogen (secondary N) is 1. The van der Waals surface area contributed by atoms with Crippen molar-refractivity contribution in [1.29, 1.82) is 0 Å². The third kappa shape index (κ3) is 2.70. The second-order valence-corrected chi connectivity index (χ2v) is 6.59. The van der Waals surface area contributed by atoms with Crippen molar-refractivity contribution in [1.82, 2.24) is 19.8 Å². The van der Waals surface area contributed by atoms with Gasteiger partial charge in [0.1, 0.15) is 11.4 Å². The van der Waals surface area contributed by atoms with E-state index in [1.807, 2.05) is 26.2 Å². The van der Waals surface area contributed by atoms with Crippen molar-refractivity contribution in [3.8, 4) is 0 Å². The predicted octanol–water partition coefficient (Wildman–Crippen LogP) is 1.07. The second-order valence-electron chi connectivity index (χ2n) is 6.59. The zero-order chi connectivity index (χ0) is 15.0. The molecule has 0 spiro atoms. The van der Waals surface area contributed by atoms with Crippen LogP contribution in [0.4, 0.5) is 0 Å². The number of rotatable bonds is 4. The first-order chi connectivity index (χ1) is 10.00. The van der Waals surface area contributed by atoms with E-state index in [1.54, 1.807) is 0 Å². The Labute approximate surface area is 125 Å². The van der Waals surface area contributed by atoms with Gasteiger partial charge in [-0.3, -0.25) is 15.0 Å². The molecule has 2 atom stereocenters. The van der Waals surface area contributed by atoms with Crippen LogP contribution in [-0.4, -0.2) is 49.7 Å². The van der Waals surface area contributed by atoms with Crippen molar-refractivity contribution in [2.75, 3.05) is 6.54 Å². The van der Waals surface area contributed by atoms with Crippen LogP contribution in [0.3, 0.4) is 0 Å². The maximum absolute atomic E-state index is 11.7. The summed E-state index contributed by atoms with van der Waals surface area (Å²) in [6, 6.07) is 0.512. The molecule has 6 heteroatoms. The second kappa shape index (κ2) is 5.42. The SMILES string of the molecule is CC(C)NC1(C(=O)O)CCC(N2CCn3ccnc3C2)C1. The molecular formula is C15H24N4O2. The third-order valence-electron chi connectivity index (χ3n) is 4.75. The number of carboxylic acid groups (broad SMARTS) is 1. The lowest BCUT2D eigenvalue weighted by Crippen LogP contribution is -2.54. The van der Waals surface area contributed by atoms with Crippen molar-refractivity contribution in [2.45, 2.75) is 63.8 Å². The van der Waals surface area contributed by atoms with Crippen LogP contribution in [-0.2, 0) is 17.9 Å². The van der Waals surface area contributed by atoms with Gasteiger partial charge >= 0.3 is 5.97 Å². The van der Waals surface area contributed by atoms with Gasteiger partial charge in [-0.15, -0.1) is 0 Å². The highest BCUT2D eigenvalue weighted by molar-refractivity contribution is 5.79. The molecule has 0 amide bonds. The van der Waals surface area contributed by atoms with Crippen LogP contribution < -0.4 is 5.32 Å². The van der Waals surface area contributed by atoms with Crippen molar-refractivity contribution in [2.24, 2.45) is 0 Å². The molecule has 1 aliphatic carbocycles. The zero-order valence-electron chi connectivity index (χ0n) is 12.7. The molecular weight excluding hydrogens is 268 g/mol. The Morgan fingerprint density at radius 2 is 2.33 bits per heavy atom. The minimum atomic E-state index is -0.758. The number of hydrogen-bond donors (Lipinski definition) is 2. The Kier molecular flexibility index (Phi) is 3.75. The molecule has 3 rings (SSSR count). The van der Waals surface area contributed by atoms with E-state index in [2.05, 4.69) is 19.8 Å². The predicted molar refractivity (Wildman–Crippen MR) is 78.9 cm³/mol. The molecule has 0 bridgehead atoms. The monoisotopic (exact) mass is 292 g/mol. The van der Waals surface area contributed by atoms with Gasteiger partial charge in [-0.2, -0.15) is 0 Å². The van der Waals surface area contributed by atoms with Gasteiger partial charge in [0.15, 0.2) is 0 Å². The Balaban J connectivity index is 1.70. The van der Waals surface area contributed by atoms with E-state index in [9.17, 15) is 9.90 Å². The lowest BCUT2D eigenvalue weighted by molar-refractivity contribution is -0.145.